The molecule has 0 N–H and O–H groups in total. The van der Waals surface area contributed by atoms with Crippen molar-refractivity contribution in [3.05, 3.63) is 88.9 Å². The average molecular weight is 455 g/mol. The van der Waals surface area contributed by atoms with E-state index in [0.717, 1.165) is 27.5 Å². The number of aryl methyl sites for hydroxylation is 1. The van der Waals surface area contributed by atoms with Crippen molar-refractivity contribution in [2.45, 2.75) is 31.2 Å². The van der Waals surface area contributed by atoms with Crippen molar-refractivity contribution in [1.29, 1.82) is 0 Å². The topological polar surface area (TPSA) is 57.7 Å². The van der Waals surface area contributed by atoms with Gasteiger partial charge in [-0.15, -0.1) is 0 Å². The van der Waals surface area contributed by atoms with Crippen molar-refractivity contribution in [2.75, 3.05) is 15.7 Å². The molecule has 0 saturated heterocycles. The van der Waals surface area contributed by atoms with Crippen molar-refractivity contribution in [3.63, 3.8) is 0 Å². The summed E-state index contributed by atoms with van der Waals surface area (Å²) in [4.78, 5) is 15.2. The summed E-state index contributed by atoms with van der Waals surface area (Å²) in [6.45, 7) is 3.50. The second kappa shape index (κ2) is 8.36. The molecule has 1 aliphatic rings. The molecule has 1 aliphatic heterocycles. The maximum Gasteiger partial charge on any atom is 0.264 e. The minimum atomic E-state index is -4.01. The second-order valence-electron chi connectivity index (χ2n) is 7.72. The van der Waals surface area contributed by atoms with Gasteiger partial charge in [-0.25, -0.2) is 8.42 Å². The Morgan fingerprint density at radius 2 is 1.68 bits per heavy atom. The van der Waals surface area contributed by atoms with E-state index in [1.54, 1.807) is 53.4 Å². The molecular formula is C24H23ClN2O3S. The lowest BCUT2D eigenvalue weighted by atomic mass is 10.1. The van der Waals surface area contributed by atoms with Crippen molar-refractivity contribution < 1.29 is 13.2 Å². The Morgan fingerprint density at radius 3 is 2.39 bits per heavy atom. The number of fused-ring (bicyclic) bond motifs is 1. The Kier molecular flexibility index (Phi) is 5.77. The Bertz CT molecular complexity index is 1230. The first-order chi connectivity index (χ1) is 14.8. The molecule has 1 amide bonds. The number of sulfonamides is 1. The SMILES string of the molecule is Cc1ccc(S(=O)(=O)N(CC(=O)N2c3ccccc3C[C@@H]2C)c2ccccc2Cl)cc1. The number of para-hydroxylation sites is 2. The summed E-state index contributed by atoms with van der Waals surface area (Å²) in [6.07, 6.45) is 0.735. The van der Waals surface area contributed by atoms with Crippen molar-refractivity contribution in [3.8, 4) is 0 Å². The quantitative estimate of drug-likeness (QED) is 0.555. The molecule has 0 saturated carbocycles. The van der Waals surface area contributed by atoms with Crippen LogP contribution < -0.4 is 9.21 Å². The van der Waals surface area contributed by atoms with E-state index in [1.165, 1.54) is 0 Å². The number of anilines is 2. The van der Waals surface area contributed by atoms with E-state index in [9.17, 15) is 13.2 Å². The molecule has 160 valence electrons. The summed E-state index contributed by atoms with van der Waals surface area (Å²) in [5.41, 5.74) is 3.13. The van der Waals surface area contributed by atoms with Crippen LogP contribution in [0.2, 0.25) is 5.02 Å². The Morgan fingerprint density at radius 1 is 1.03 bits per heavy atom. The minimum Gasteiger partial charge on any atom is -0.307 e. The van der Waals surface area contributed by atoms with E-state index in [4.69, 9.17) is 11.6 Å². The summed E-state index contributed by atoms with van der Waals surface area (Å²) in [5, 5.41) is 0.265. The number of nitrogens with zero attached hydrogens (tertiary/aromatic N) is 2. The number of carbonyl (C=O) groups is 1. The van der Waals surface area contributed by atoms with Gasteiger partial charge in [0.25, 0.3) is 10.0 Å². The smallest absolute Gasteiger partial charge is 0.264 e. The largest absolute Gasteiger partial charge is 0.307 e. The van der Waals surface area contributed by atoms with E-state index in [1.807, 2.05) is 38.1 Å². The number of carbonyl (C=O) groups excluding carboxylic acids is 1. The molecule has 0 unspecified atom stereocenters. The third-order valence-corrected chi connectivity index (χ3v) is 7.58. The third-order valence-electron chi connectivity index (χ3n) is 5.48. The van der Waals surface area contributed by atoms with Gasteiger partial charge in [0.2, 0.25) is 5.91 Å². The molecule has 3 aromatic carbocycles. The molecule has 0 fully saturated rings. The van der Waals surface area contributed by atoms with Crippen LogP contribution in [0, 0.1) is 6.92 Å². The first-order valence-corrected chi connectivity index (χ1v) is 11.8. The van der Waals surface area contributed by atoms with Crippen molar-refractivity contribution >= 4 is 38.9 Å². The fraction of sp³-hybridized carbons (Fsp3) is 0.208. The number of hydrogen-bond donors (Lipinski definition) is 0. The number of halogens is 1. The average Bonchev–Trinajstić information content (AvgIpc) is 3.08. The second-order valence-corrected chi connectivity index (χ2v) is 9.99. The lowest BCUT2D eigenvalue weighted by molar-refractivity contribution is -0.117. The number of hydrogen-bond acceptors (Lipinski definition) is 3. The van der Waals surface area contributed by atoms with Crippen LogP contribution in [0.3, 0.4) is 0 Å². The molecule has 7 heteroatoms. The molecule has 3 aromatic rings. The van der Waals surface area contributed by atoms with Crippen LogP contribution in [0.1, 0.15) is 18.1 Å². The zero-order valence-electron chi connectivity index (χ0n) is 17.3. The van der Waals surface area contributed by atoms with Gasteiger partial charge in [-0.2, -0.15) is 0 Å². The van der Waals surface area contributed by atoms with Crippen LogP contribution >= 0.6 is 11.6 Å². The maximum atomic E-state index is 13.6. The maximum absolute atomic E-state index is 13.6. The monoisotopic (exact) mass is 454 g/mol. The summed E-state index contributed by atoms with van der Waals surface area (Å²) in [7, 11) is -4.01. The van der Waals surface area contributed by atoms with E-state index in [-0.39, 0.29) is 34.1 Å². The van der Waals surface area contributed by atoms with Crippen LogP contribution in [-0.2, 0) is 21.2 Å². The van der Waals surface area contributed by atoms with E-state index in [0.29, 0.717) is 0 Å². The van der Waals surface area contributed by atoms with Crippen molar-refractivity contribution in [1.82, 2.24) is 0 Å². The third kappa shape index (κ3) is 4.05. The highest BCUT2D eigenvalue weighted by Gasteiger charge is 2.35. The van der Waals surface area contributed by atoms with Crippen LogP contribution in [0.5, 0.6) is 0 Å². The lowest BCUT2D eigenvalue weighted by Gasteiger charge is -2.29. The van der Waals surface area contributed by atoms with Gasteiger partial charge in [-0.1, -0.05) is 59.6 Å². The Hall–Kier alpha value is -2.83. The zero-order valence-corrected chi connectivity index (χ0v) is 18.9. The first kappa shape index (κ1) is 21.4. The Labute approximate surface area is 187 Å². The fourth-order valence-corrected chi connectivity index (χ4v) is 5.66. The molecule has 1 atom stereocenters. The minimum absolute atomic E-state index is 0.0555. The number of rotatable bonds is 5. The summed E-state index contributed by atoms with van der Waals surface area (Å²) in [6, 6.07) is 20.9. The van der Waals surface area contributed by atoms with Crippen molar-refractivity contribution in [2.24, 2.45) is 0 Å². The van der Waals surface area contributed by atoms with Gasteiger partial charge in [0.05, 0.1) is 15.6 Å². The highest BCUT2D eigenvalue weighted by Crippen LogP contribution is 2.34. The van der Waals surface area contributed by atoms with Gasteiger partial charge >= 0.3 is 0 Å². The van der Waals surface area contributed by atoms with Gasteiger partial charge in [0.15, 0.2) is 0 Å². The first-order valence-electron chi connectivity index (χ1n) is 10.0. The van der Waals surface area contributed by atoms with Gasteiger partial charge in [0.1, 0.15) is 6.54 Å². The highest BCUT2D eigenvalue weighted by atomic mass is 35.5. The standard InChI is InChI=1S/C24H23ClN2O3S/c1-17-11-13-20(14-12-17)31(29,30)26(23-10-6-4-8-21(23)25)16-24(28)27-18(2)15-19-7-3-5-9-22(19)27/h3-14,18H,15-16H2,1-2H3/t18-/m0/s1. The molecule has 0 bridgehead atoms. The molecule has 0 aliphatic carbocycles. The van der Waals surface area contributed by atoms with E-state index in [2.05, 4.69) is 0 Å². The molecule has 4 rings (SSSR count). The predicted octanol–water partition coefficient (Wildman–Crippen LogP) is 4.82. The molecule has 0 aromatic heterocycles. The van der Waals surface area contributed by atoms with Gasteiger partial charge in [0, 0.05) is 11.7 Å². The van der Waals surface area contributed by atoms with Crippen LogP contribution in [0.4, 0.5) is 11.4 Å². The molecule has 0 spiro atoms. The van der Waals surface area contributed by atoms with Gasteiger partial charge < -0.3 is 4.90 Å². The van der Waals surface area contributed by atoms with Crippen LogP contribution in [-0.4, -0.2) is 26.9 Å². The summed E-state index contributed by atoms with van der Waals surface area (Å²) >= 11 is 6.36. The number of amides is 1. The van der Waals surface area contributed by atoms with Crippen LogP contribution in [0.25, 0.3) is 0 Å². The van der Waals surface area contributed by atoms with Gasteiger partial charge in [-0.05, 0) is 56.2 Å². The Balaban J connectivity index is 1.75. The number of benzene rings is 3. The zero-order chi connectivity index (χ0) is 22.2. The normalized spacial score (nSPS) is 15.6. The molecule has 5 nitrogen and oxygen atoms in total. The van der Waals surface area contributed by atoms with Gasteiger partial charge in [-0.3, -0.25) is 9.10 Å². The summed E-state index contributed by atoms with van der Waals surface area (Å²) < 4.78 is 28.2. The summed E-state index contributed by atoms with van der Waals surface area (Å²) in [5.74, 6) is -0.298. The fourth-order valence-electron chi connectivity index (χ4n) is 3.94. The van der Waals surface area contributed by atoms with E-state index < -0.39 is 10.0 Å². The molecule has 1 heterocycles. The molecule has 31 heavy (non-hydrogen) atoms. The molecule has 0 radical (unpaired) electrons. The highest BCUT2D eigenvalue weighted by molar-refractivity contribution is 7.92. The lowest BCUT2D eigenvalue weighted by Crippen LogP contribution is -2.45. The van der Waals surface area contributed by atoms with Crippen LogP contribution in [0.15, 0.2) is 77.7 Å². The molecular weight excluding hydrogens is 432 g/mol. The predicted molar refractivity (Wildman–Crippen MR) is 124 cm³/mol. The van der Waals surface area contributed by atoms with E-state index >= 15 is 0 Å².